The summed E-state index contributed by atoms with van der Waals surface area (Å²) in [6, 6.07) is 0.648. The molecule has 0 amide bonds. The lowest BCUT2D eigenvalue weighted by Gasteiger charge is -2.38. The summed E-state index contributed by atoms with van der Waals surface area (Å²) in [4.78, 5) is 2.64. The zero-order chi connectivity index (χ0) is 12.8. The van der Waals surface area contributed by atoms with E-state index in [2.05, 4.69) is 35.8 Å². The minimum absolute atomic E-state index is 0.414. The Morgan fingerprint density at radius 3 is 2.83 bits per heavy atom. The summed E-state index contributed by atoms with van der Waals surface area (Å²) >= 11 is 2.18. The van der Waals surface area contributed by atoms with Crippen LogP contribution in [0.25, 0.3) is 0 Å². The van der Waals surface area contributed by atoms with Gasteiger partial charge in [0.05, 0.1) is 12.7 Å². The monoisotopic (exact) mass is 272 g/mol. The molecule has 3 nitrogen and oxygen atoms in total. The van der Waals surface area contributed by atoms with Crippen LogP contribution in [0.4, 0.5) is 0 Å². The summed E-state index contributed by atoms with van der Waals surface area (Å²) in [5.74, 6) is 1.29. The third kappa shape index (κ3) is 4.41. The number of nitrogens with one attached hydrogen (secondary N) is 1. The smallest absolute Gasteiger partial charge is 0.0674 e. The lowest BCUT2D eigenvalue weighted by Crippen LogP contribution is -2.49. The highest BCUT2D eigenvalue weighted by Gasteiger charge is 2.25. The Kier molecular flexibility index (Phi) is 6.29. The quantitative estimate of drug-likeness (QED) is 0.827. The van der Waals surface area contributed by atoms with Crippen molar-refractivity contribution in [2.75, 3.05) is 38.5 Å². The molecular formula is C14H28N2OS. The average molecular weight is 272 g/mol. The van der Waals surface area contributed by atoms with Crippen molar-refractivity contribution >= 4 is 11.8 Å². The van der Waals surface area contributed by atoms with Crippen LogP contribution in [0.5, 0.6) is 0 Å². The van der Waals surface area contributed by atoms with Crippen LogP contribution in [-0.2, 0) is 4.74 Å². The van der Waals surface area contributed by atoms with Gasteiger partial charge in [-0.05, 0) is 39.3 Å². The van der Waals surface area contributed by atoms with E-state index in [0.717, 1.165) is 18.4 Å². The standard InChI is InChI=1S/C14H28N2OS/c1-3-13-11-17-12(2)10-16(13)8-9-18-14-4-6-15-7-5-14/h12-15H,3-11H2,1-2H3. The summed E-state index contributed by atoms with van der Waals surface area (Å²) in [5, 5.41) is 4.33. The number of thioether (sulfide) groups is 1. The molecule has 2 saturated heterocycles. The van der Waals surface area contributed by atoms with Crippen molar-refractivity contribution in [3.05, 3.63) is 0 Å². The molecule has 0 aromatic heterocycles. The largest absolute Gasteiger partial charge is 0.376 e. The van der Waals surface area contributed by atoms with Gasteiger partial charge in [0.1, 0.15) is 0 Å². The molecule has 2 atom stereocenters. The molecule has 2 aliphatic heterocycles. The van der Waals surface area contributed by atoms with Gasteiger partial charge in [-0.1, -0.05) is 6.92 Å². The van der Waals surface area contributed by atoms with Gasteiger partial charge >= 0.3 is 0 Å². The minimum atomic E-state index is 0.414. The summed E-state index contributed by atoms with van der Waals surface area (Å²) in [5.41, 5.74) is 0. The Bertz CT molecular complexity index is 234. The molecular weight excluding hydrogens is 244 g/mol. The highest BCUT2D eigenvalue weighted by molar-refractivity contribution is 7.99. The predicted molar refractivity (Wildman–Crippen MR) is 79.4 cm³/mol. The molecule has 0 aliphatic carbocycles. The van der Waals surface area contributed by atoms with E-state index in [-0.39, 0.29) is 0 Å². The van der Waals surface area contributed by atoms with Crippen molar-refractivity contribution in [3.8, 4) is 0 Å². The molecule has 0 aromatic carbocycles. The first-order valence-electron chi connectivity index (χ1n) is 7.47. The number of morpholine rings is 1. The number of hydrogen-bond acceptors (Lipinski definition) is 4. The highest BCUT2D eigenvalue weighted by atomic mass is 32.2. The number of nitrogens with zero attached hydrogens (tertiary/aromatic N) is 1. The van der Waals surface area contributed by atoms with Crippen molar-refractivity contribution in [3.63, 3.8) is 0 Å². The van der Waals surface area contributed by atoms with Gasteiger partial charge in [-0.2, -0.15) is 11.8 Å². The molecule has 2 unspecified atom stereocenters. The lowest BCUT2D eigenvalue weighted by atomic mass is 10.1. The molecule has 0 radical (unpaired) electrons. The maximum Gasteiger partial charge on any atom is 0.0674 e. The van der Waals surface area contributed by atoms with Gasteiger partial charge in [0.2, 0.25) is 0 Å². The molecule has 1 N–H and O–H groups in total. The van der Waals surface area contributed by atoms with Crippen LogP contribution in [0.15, 0.2) is 0 Å². The third-order valence-corrected chi connectivity index (χ3v) is 5.43. The second-order valence-electron chi connectivity index (χ2n) is 5.52. The fourth-order valence-electron chi connectivity index (χ4n) is 2.86. The fourth-order valence-corrected chi connectivity index (χ4v) is 4.10. The SMILES string of the molecule is CCC1COC(C)CN1CCSC1CCNCC1. The van der Waals surface area contributed by atoms with Crippen LogP contribution in [0, 0.1) is 0 Å². The number of rotatable bonds is 5. The van der Waals surface area contributed by atoms with Crippen LogP contribution >= 0.6 is 11.8 Å². The predicted octanol–water partition coefficient (Wildman–Crippen LogP) is 1.97. The van der Waals surface area contributed by atoms with E-state index in [0.29, 0.717) is 12.1 Å². The minimum Gasteiger partial charge on any atom is -0.376 e. The van der Waals surface area contributed by atoms with Crippen molar-refractivity contribution < 1.29 is 4.74 Å². The van der Waals surface area contributed by atoms with Crippen molar-refractivity contribution in [2.24, 2.45) is 0 Å². The van der Waals surface area contributed by atoms with Crippen LogP contribution in [0.1, 0.15) is 33.1 Å². The topological polar surface area (TPSA) is 24.5 Å². The van der Waals surface area contributed by atoms with E-state index in [1.165, 1.54) is 44.6 Å². The van der Waals surface area contributed by atoms with E-state index < -0.39 is 0 Å². The molecule has 2 aliphatic rings. The van der Waals surface area contributed by atoms with Crippen LogP contribution in [-0.4, -0.2) is 60.8 Å². The Morgan fingerprint density at radius 2 is 2.11 bits per heavy atom. The van der Waals surface area contributed by atoms with E-state index in [4.69, 9.17) is 4.74 Å². The molecule has 18 heavy (non-hydrogen) atoms. The zero-order valence-electron chi connectivity index (χ0n) is 11.9. The van der Waals surface area contributed by atoms with Gasteiger partial charge in [-0.3, -0.25) is 4.90 Å². The van der Waals surface area contributed by atoms with Gasteiger partial charge in [0.25, 0.3) is 0 Å². The van der Waals surface area contributed by atoms with E-state index in [9.17, 15) is 0 Å². The molecule has 4 heteroatoms. The second kappa shape index (κ2) is 7.73. The van der Waals surface area contributed by atoms with Crippen LogP contribution in [0.2, 0.25) is 0 Å². The third-order valence-electron chi connectivity index (χ3n) is 4.07. The second-order valence-corrected chi connectivity index (χ2v) is 6.93. The molecule has 0 aromatic rings. The molecule has 2 fully saturated rings. The molecule has 106 valence electrons. The first-order valence-corrected chi connectivity index (χ1v) is 8.52. The maximum absolute atomic E-state index is 5.75. The van der Waals surface area contributed by atoms with Crippen LogP contribution < -0.4 is 5.32 Å². The van der Waals surface area contributed by atoms with E-state index >= 15 is 0 Å². The van der Waals surface area contributed by atoms with Crippen molar-refractivity contribution in [1.29, 1.82) is 0 Å². The molecule has 2 heterocycles. The molecule has 0 spiro atoms. The Morgan fingerprint density at radius 1 is 1.33 bits per heavy atom. The summed E-state index contributed by atoms with van der Waals surface area (Å²) < 4.78 is 5.75. The van der Waals surface area contributed by atoms with Gasteiger partial charge < -0.3 is 10.1 Å². The fraction of sp³-hybridized carbons (Fsp3) is 1.00. The van der Waals surface area contributed by atoms with E-state index in [1.54, 1.807) is 0 Å². The number of ether oxygens (including phenoxy) is 1. The Hall–Kier alpha value is 0.230. The van der Waals surface area contributed by atoms with Crippen LogP contribution in [0.3, 0.4) is 0 Å². The molecule has 0 saturated carbocycles. The lowest BCUT2D eigenvalue weighted by molar-refractivity contribution is -0.0532. The number of hydrogen-bond donors (Lipinski definition) is 1. The summed E-state index contributed by atoms with van der Waals surface area (Å²) in [6.45, 7) is 10.2. The Balaban J connectivity index is 1.67. The first-order chi connectivity index (χ1) is 8.79. The number of piperidine rings is 1. The van der Waals surface area contributed by atoms with Crippen molar-refractivity contribution in [2.45, 2.75) is 50.5 Å². The van der Waals surface area contributed by atoms with Gasteiger partial charge in [0.15, 0.2) is 0 Å². The molecule has 2 rings (SSSR count). The van der Waals surface area contributed by atoms with Crippen molar-refractivity contribution in [1.82, 2.24) is 10.2 Å². The molecule has 0 bridgehead atoms. The normalized spacial score (nSPS) is 31.7. The Labute approximate surface area is 116 Å². The summed E-state index contributed by atoms with van der Waals surface area (Å²) in [7, 11) is 0. The van der Waals surface area contributed by atoms with Gasteiger partial charge in [-0.15, -0.1) is 0 Å². The zero-order valence-corrected chi connectivity index (χ0v) is 12.7. The van der Waals surface area contributed by atoms with Gasteiger partial charge in [0, 0.05) is 30.1 Å². The average Bonchev–Trinajstić information content (AvgIpc) is 2.40. The maximum atomic E-state index is 5.75. The summed E-state index contributed by atoms with van der Waals surface area (Å²) in [6.07, 6.45) is 4.32. The first kappa shape index (κ1) is 14.6. The highest BCUT2D eigenvalue weighted by Crippen LogP contribution is 2.21. The van der Waals surface area contributed by atoms with E-state index in [1.807, 2.05) is 0 Å². The van der Waals surface area contributed by atoms with Gasteiger partial charge in [-0.25, -0.2) is 0 Å².